The summed E-state index contributed by atoms with van der Waals surface area (Å²) >= 11 is 1.99. The second kappa shape index (κ2) is 9.36. The fraction of sp³-hybridized carbons (Fsp3) is 1.00. The molecule has 3 heteroatoms. The Balaban J connectivity index is 2.82. The monoisotopic (exact) mass is 191 g/mol. The average molecular weight is 191 g/mol. The molecule has 2 nitrogen and oxygen atoms in total. The average Bonchev–Trinajstić information content (AvgIpc) is 2.02. The summed E-state index contributed by atoms with van der Waals surface area (Å²) in [5, 5.41) is 4.08. The first-order valence-corrected chi connectivity index (χ1v) is 5.72. The van der Waals surface area contributed by atoms with Crippen LogP contribution in [0.15, 0.2) is 0 Å². The Hall–Kier alpha value is 0.270. The molecule has 0 atom stereocenters. The molecule has 0 aliphatic heterocycles. The van der Waals surface area contributed by atoms with Gasteiger partial charge in [-0.2, -0.15) is 11.8 Å². The van der Waals surface area contributed by atoms with E-state index in [1.807, 2.05) is 18.7 Å². The lowest BCUT2D eigenvalue weighted by Gasteiger charge is -2.06. The van der Waals surface area contributed by atoms with E-state index in [1.165, 1.54) is 5.75 Å². The summed E-state index contributed by atoms with van der Waals surface area (Å²) in [5.74, 6) is 1.20. The first-order chi connectivity index (χ1) is 5.77. The number of ether oxygens (including phenoxy) is 1. The largest absolute Gasteiger partial charge is 0.380 e. The van der Waals surface area contributed by atoms with Gasteiger partial charge in [-0.3, -0.25) is 0 Å². The molecule has 0 radical (unpaired) electrons. The van der Waals surface area contributed by atoms with Crippen LogP contribution in [-0.4, -0.2) is 37.3 Å². The summed E-state index contributed by atoms with van der Waals surface area (Å²) in [6, 6.07) is 0. The zero-order valence-corrected chi connectivity index (χ0v) is 9.25. The molecule has 0 amide bonds. The molecule has 0 fully saturated rings. The van der Waals surface area contributed by atoms with Crippen LogP contribution in [0.4, 0.5) is 0 Å². The Morgan fingerprint density at radius 1 is 1.33 bits per heavy atom. The minimum atomic E-state index is 0.749. The molecule has 0 saturated heterocycles. The summed E-state index contributed by atoms with van der Waals surface area (Å²) in [4.78, 5) is 0. The maximum absolute atomic E-state index is 5.19. The van der Waals surface area contributed by atoms with Crippen LogP contribution in [-0.2, 0) is 4.74 Å². The normalized spacial score (nSPS) is 11.0. The van der Waals surface area contributed by atoms with Crippen molar-refractivity contribution in [2.75, 3.05) is 32.1 Å². The molecule has 12 heavy (non-hydrogen) atoms. The van der Waals surface area contributed by atoms with E-state index in [1.54, 1.807) is 0 Å². The van der Waals surface area contributed by atoms with E-state index in [2.05, 4.69) is 19.2 Å². The minimum absolute atomic E-state index is 0.749. The summed E-state index contributed by atoms with van der Waals surface area (Å²) in [6.07, 6.45) is 0. The van der Waals surface area contributed by atoms with Gasteiger partial charge in [0.1, 0.15) is 0 Å². The Morgan fingerprint density at radius 2 is 2.08 bits per heavy atom. The summed E-state index contributed by atoms with van der Waals surface area (Å²) in [6.45, 7) is 10.2. The van der Waals surface area contributed by atoms with Gasteiger partial charge >= 0.3 is 0 Å². The third kappa shape index (κ3) is 10.3. The highest BCUT2D eigenvalue weighted by molar-refractivity contribution is 7.99. The van der Waals surface area contributed by atoms with E-state index in [-0.39, 0.29) is 0 Å². The molecular weight excluding hydrogens is 170 g/mol. The molecule has 0 heterocycles. The van der Waals surface area contributed by atoms with Crippen molar-refractivity contribution in [3.63, 3.8) is 0 Å². The third-order valence-corrected chi connectivity index (χ3v) is 2.46. The fourth-order valence-corrected chi connectivity index (χ4v) is 1.51. The van der Waals surface area contributed by atoms with E-state index in [0.717, 1.165) is 31.6 Å². The molecule has 1 N–H and O–H groups in total. The van der Waals surface area contributed by atoms with Gasteiger partial charge in [-0.15, -0.1) is 0 Å². The van der Waals surface area contributed by atoms with Crippen LogP contribution in [0.3, 0.4) is 0 Å². The number of hydrogen-bond acceptors (Lipinski definition) is 3. The lowest BCUT2D eigenvalue weighted by Crippen LogP contribution is -2.22. The first-order valence-electron chi connectivity index (χ1n) is 4.67. The van der Waals surface area contributed by atoms with Crippen LogP contribution in [0.1, 0.15) is 20.8 Å². The predicted molar refractivity (Wildman–Crippen MR) is 57.0 cm³/mol. The lowest BCUT2D eigenvalue weighted by atomic mass is 10.6. The molecule has 0 rings (SSSR count). The van der Waals surface area contributed by atoms with Crippen LogP contribution in [0.25, 0.3) is 0 Å². The second-order valence-corrected chi connectivity index (χ2v) is 4.55. The minimum Gasteiger partial charge on any atom is -0.380 e. The van der Waals surface area contributed by atoms with Crippen molar-refractivity contribution in [3.05, 3.63) is 0 Å². The maximum Gasteiger partial charge on any atom is 0.0590 e. The van der Waals surface area contributed by atoms with Crippen LogP contribution in [0, 0.1) is 0 Å². The Labute approximate surface area is 80.4 Å². The van der Waals surface area contributed by atoms with Crippen molar-refractivity contribution in [2.45, 2.75) is 26.0 Å². The highest BCUT2D eigenvalue weighted by Gasteiger charge is 1.92. The molecule has 0 aliphatic rings. The van der Waals surface area contributed by atoms with Crippen molar-refractivity contribution in [1.29, 1.82) is 0 Å². The summed E-state index contributed by atoms with van der Waals surface area (Å²) in [7, 11) is 0. The van der Waals surface area contributed by atoms with E-state index in [4.69, 9.17) is 4.74 Å². The number of thioether (sulfide) groups is 1. The van der Waals surface area contributed by atoms with Gasteiger partial charge < -0.3 is 10.1 Å². The van der Waals surface area contributed by atoms with Gasteiger partial charge in [0, 0.05) is 25.4 Å². The van der Waals surface area contributed by atoms with Crippen molar-refractivity contribution >= 4 is 11.8 Å². The first kappa shape index (κ1) is 12.3. The van der Waals surface area contributed by atoms with E-state index in [9.17, 15) is 0 Å². The number of rotatable bonds is 8. The third-order valence-electron chi connectivity index (χ3n) is 1.36. The molecule has 0 spiro atoms. The maximum atomic E-state index is 5.19. The van der Waals surface area contributed by atoms with Gasteiger partial charge in [-0.25, -0.2) is 0 Å². The van der Waals surface area contributed by atoms with Gasteiger partial charge in [-0.1, -0.05) is 13.8 Å². The van der Waals surface area contributed by atoms with Crippen molar-refractivity contribution in [1.82, 2.24) is 5.32 Å². The molecule has 0 aliphatic carbocycles. The number of nitrogens with one attached hydrogen (secondary N) is 1. The van der Waals surface area contributed by atoms with Gasteiger partial charge in [0.25, 0.3) is 0 Å². The van der Waals surface area contributed by atoms with E-state index >= 15 is 0 Å². The lowest BCUT2D eigenvalue weighted by molar-refractivity contribution is 0.150. The van der Waals surface area contributed by atoms with Gasteiger partial charge in [0.2, 0.25) is 0 Å². The smallest absolute Gasteiger partial charge is 0.0590 e. The fourth-order valence-electron chi connectivity index (χ4n) is 0.780. The summed E-state index contributed by atoms with van der Waals surface area (Å²) < 4.78 is 5.19. The second-order valence-electron chi connectivity index (χ2n) is 2.87. The van der Waals surface area contributed by atoms with Crippen molar-refractivity contribution in [3.8, 4) is 0 Å². The predicted octanol–water partition coefficient (Wildman–Crippen LogP) is 1.75. The molecule has 0 aromatic rings. The molecule has 0 bridgehead atoms. The molecule has 0 aromatic heterocycles. The quantitative estimate of drug-likeness (QED) is 0.591. The van der Waals surface area contributed by atoms with Crippen molar-refractivity contribution in [2.24, 2.45) is 0 Å². The zero-order chi connectivity index (χ0) is 9.23. The van der Waals surface area contributed by atoms with E-state index in [0.29, 0.717) is 0 Å². The van der Waals surface area contributed by atoms with Crippen LogP contribution < -0.4 is 5.32 Å². The van der Waals surface area contributed by atoms with Gasteiger partial charge in [0.15, 0.2) is 0 Å². The Bertz CT molecular complexity index is 88.6. The van der Waals surface area contributed by atoms with Crippen LogP contribution >= 0.6 is 11.8 Å². The Kier molecular flexibility index (Phi) is 9.57. The SMILES string of the molecule is CCOCCNCCSC(C)C. The molecular formula is C9H21NOS. The van der Waals surface area contributed by atoms with E-state index < -0.39 is 0 Å². The summed E-state index contributed by atoms with van der Waals surface area (Å²) in [5.41, 5.74) is 0. The van der Waals surface area contributed by atoms with Crippen LogP contribution in [0.5, 0.6) is 0 Å². The molecule has 74 valence electrons. The highest BCUT2D eigenvalue weighted by atomic mass is 32.2. The van der Waals surface area contributed by atoms with Gasteiger partial charge in [-0.05, 0) is 12.2 Å². The highest BCUT2D eigenvalue weighted by Crippen LogP contribution is 2.06. The number of hydrogen-bond donors (Lipinski definition) is 1. The molecule has 0 saturated carbocycles. The zero-order valence-electron chi connectivity index (χ0n) is 8.43. The topological polar surface area (TPSA) is 21.3 Å². The molecule has 0 aromatic carbocycles. The van der Waals surface area contributed by atoms with Crippen molar-refractivity contribution < 1.29 is 4.74 Å². The molecule has 0 unspecified atom stereocenters. The van der Waals surface area contributed by atoms with Gasteiger partial charge in [0.05, 0.1) is 6.61 Å². The standard InChI is InChI=1S/C9H21NOS/c1-4-11-7-5-10-6-8-12-9(2)3/h9-10H,4-8H2,1-3H3. The van der Waals surface area contributed by atoms with Crippen LogP contribution in [0.2, 0.25) is 0 Å². The Morgan fingerprint density at radius 3 is 2.67 bits per heavy atom.